The van der Waals surface area contributed by atoms with Gasteiger partial charge >= 0.3 is 0 Å². The summed E-state index contributed by atoms with van der Waals surface area (Å²) in [4.78, 5) is 22.7. The maximum absolute atomic E-state index is 13.3. The van der Waals surface area contributed by atoms with Crippen molar-refractivity contribution in [1.29, 1.82) is 0 Å². The summed E-state index contributed by atoms with van der Waals surface area (Å²) in [7, 11) is 0. The van der Waals surface area contributed by atoms with E-state index in [1.165, 1.54) is 4.68 Å². The van der Waals surface area contributed by atoms with Gasteiger partial charge in [0.15, 0.2) is 16.8 Å². The van der Waals surface area contributed by atoms with Crippen molar-refractivity contribution in [1.82, 2.24) is 29.5 Å². The van der Waals surface area contributed by atoms with Crippen LogP contribution in [0.3, 0.4) is 0 Å². The molecule has 3 aliphatic heterocycles. The second kappa shape index (κ2) is 8.90. The molecule has 0 amide bonds. The molecule has 0 bridgehead atoms. The quantitative estimate of drug-likeness (QED) is 0.316. The molecule has 2 aromatic rings. The van der Waals surface area contributed by atoms with E-state index < -0.39 is 0 Å². The third kappa shape index (κ3) is 3.85. The van der Waals surface area contributed by atoms with E-state index in [-0.39, 0.29) is 10.8 Å². The third-order valence-electron chi connectivity index (χ3n) is 5.75. The summed E-state index contributed by atoms with van der Waals surface area (Å²) >= 11 is 1.58. The van der Waals surface area contributed by atoms with Crippen LogP contribution in [0, 0.1) is 0 Å². The number of para-hydroxylation sites is 1. The number of aryl methyl sites for hydroxylation is 1. The number of thioether (sulfide) groups is 1. The van der Waals surface area contributed by atoms with E-state index in [1.807, 2.05) is 37.3 Å². The Morgan fingerprint density at radius 1 is 1.16 bits per heavy atom. The number of fused-ring (bicyclic) bond motifs is 3. The maximum Gasteiger partial charge on any atom is 0.284 e. The normalized spacial score (nSPS) is 14.9. The molecule has 0 aliphatic carbocycles. The van der Waals surface area contributed by atoms with Crippen LogP contribution in [0.4, 0.5) is 0 Å². The molecule has 0 fully saturated rings. The maximum atomic E-state index is 13.3. The van der Waals surface area contributed by atoms with Crippen LogP contribution in [-0.4, -0.2) is 29.5 Å². The molecular formula is C23H26N6O2S. The van der Waals surface area contributed by atoms with Gasteiger partial charge in [-0.25, -0.2) is 4.98 Å². The summed E-state index contributed by atoms with van der Waals surface area (Å²) in [6.45, 7) is 4.98. The second-order valence-corrected chi connectivity index (χ2v) is 9.42. The van der Waals surface area contributed by atoms with Crippen LogP contribution in [-0.2, 0) is 19.4 Å². The average molecular weight is 451 g/mol. The molecule has 9 heteroatoms. The highest BCUT2D eigenvalue weighted by Crippen LogP contribution is 2.37. The smallest absolute Gasteiger partial charge is 0.284 e. The molecule has 4 heterocycles. The topological polar surface area (TPSA) is 91.6 Å². The molecule has 0 saturated carbocycles. The van der Waals surface area contributed by atoms with E-state index in [0.717, 1.165) is 67.4 Å². The van der Waals surface area contributed by atoms with Crippen molar-refractivity contribution in [2.24, 2.45) is 0 Å². The van der Waals surface area contributed by atoms with Gasteiger partial charge < -0.3 is 9.09 Å². The number of rotatable bonds is 6. The zero-order valence-electron chi connectivity index (χ0n) is 18.3. The number of hydrogen-bond donors (Lipinski definition) is 0. The predicted molar refractivity (Wildman–Crippen MR) is 122 cm³/mol. The van der Waals surface area contributed by atoms with Gasteiger partial charge in [-0.2, -0.15) is 9.67 Å². The molecule has 166 valence electrons. The Morgan fingerprint density at radius 2 is 2.00 bits per heavy atom. The van der Waals surface area contributed by atoms with Crippen LogP contribution >= 0.6 is 11.8 Å². The highest BCUT2D eigenvalue weighted by molar-refractivity contribution is 7.99. The minimum atomic E-state index is -0.102. The molecule has 1 atom stereocenters. The lowest BCUT2D eigenvalue weighted by Crippen LogP contribution is -2.19. The second-order valence-electron chi connectivity index (χ2n) is 8.11. The number of hydrogen-bond acceptors (Lipinski definition) is 7. The van der Waals surface area contributed by atoms with E-state index in [2.05, 4.69) is 26.7 Å². The van der Waals surface area contributed by atoms with Crippen molar-refractivity contribution < 1.29 is 4.52 Å². The van der Waals surface area contributed by atoms with Crippen LogP contribution in [0.15, 0.2) is 44.8 Å². The van der Waals surface area contributed by atoms with Crippen molar-refractivity contribution in [2.75, 3.05) is 0 Å². The van der Waals surface area contributed by atoms with Gasteiger partial charge in [0, 0.05) is 18.7 Å². The molecule has 0 saturated heterocycles. The zero-order chi connectivity index (χ0) is 22.1. The van der Waals surface area contributed by atoms with Gasteiger partial charge in [-0.3, -0.25) is 4.79 Å². The van der Waals surface area contributed by atoms with Gasteiger partial charge in [-0.1, -0.05) is 48.5 Å². The largest absolute Gasteiger partial charge is 0.338 e. The summed E-state index contributed by atoms with van der Waals surface area (Å²) in [5.74, 6) is 1.84. The Kier molecular flexibility index (Phi) is 5.82. The van der Waals surface area contributed by atoms with E-state index in [4.69, 9.17) is 9.51 Å². The first-order valence-electron chi connectivity index (χ1n) is 11.2. The Labute approximate surface area is 190 Å². The monoisotopic (exact) mass is 450 g/mol. The van der Waals surface area contributed by atoms with Crippen LogP contribution in [0.25, 0.3) is 17.1 Å². The van der Waals surface area contributed by atoms with Gasteiger partial charge in [-0.15, -0.1) is 5.10 Å². The van der Waals surface area contributed by atoms with Gasteiger partial charge in [-0.05, 0) is 44.7 Å². The lowest BCUT2D eigenvalue weighted by atomic mass is 10.1. The third-order valence-corrected chi connectivity index (χ3v) is 6.83. The summed E-state index contributed by atoms with van der Waals surface area (Å²) in [6, 6.07) is 9.52. The zero-order valence-corrected chi connectivity index (χ0v) is 19.1. The fourth-order valence-electron chi connectivity index (χ4n) is 4.15. The van der Waals surface area contributed by atoms with E-state index >= 15 is 0 Å². The predicted octanol–water partition coefficient (Wildman–Crippen LogP) is 4.45. The van der Waals surface area contributed by atoms with Crippen molar-refractivity contribution in [3.8, 4) is 17.1 Å². The molecular weight excluding hydrogens is 424 g/mol. The molecule has 3 aliphatic rings. The first-order valence-corrected chi connectivity index (χ1v) is 12.1. The lowest BCUT2D eigenvalue weighted by Gasteiger charge is -2.18. The number of benzene rings is 1. The van der Waals surface area contributed by atoms with Crippen LogP contribution in [0.1, 0.15) is 62.2 Å². The Balaban J connectivity index is 1.59. The number of nitrogens with zero attached hydrogens (tertiary/aromatic N) is 6. The highest BCUT2D eigenvalue weighted by Gasteiger charge is 2.28. The van der Waals surface area contributed by atoms with Crippen LogP contribution in [0.5, 0.6) is 0 Å². The van der Waals surface area contributed by atoms with Crippen molar-refractivity contribution in [3.05, 3.63) is 58.1 Å². The Morgan fingerprint density at radius 3 is 2.81 bits per heavy atom. The fraction of sp³-hybridized carbons (Fsp3) is 0.435. The van der Waals surface area contributed by atoms with Gasteiger partial charge in [0.2, 0.25) is 5.89 Å². The molecule has 1 aromatic carbocycles. The van der Waals surface area contributed by atoms with Gasteiger partial charge in [0.25, 0.3) is 5.56 Å². The standard InChI is InChI=1S/C23H26N6O2S/c1-3-10-18-24-21(31-27-18)15(2)32-23-25-20-19(17-13-8-5-9-14-28(17)23)22(30)29(26-20)16-11-6-4-7-12-16/h4,6-7,11-12,15H,3,5,8-10,13-14H2,1-2H3. The molecule has 0 radical (unpaired) electrons. The molecule has 0 N–H and O–H groups in total. The Hall–Kier alpha value is -2.94. The molecule has 5 rings (SSSR count). The lowest BCUT2D eigenvalue weighted by molar-refractivity contribution is 0.374. The summed E-state index contributed by atoms with van der Waals surface area (Å²) in [6.07, 6.45) is 5.88. The van der Waals surface area contributed by atoms with Crippen molar-refractivity contribution in [2.45, 2.75) is 69.3 Å². The molecule has 0 spiro atoms. The highest BCUT2D eigenvalue weighted by atomic mass is 32.2. The summed E-state index contributed by atoms with van der Waals surface area (Å²) in [5.41, 5.74) is 2.32. The van der Waals surface area contributed by atoms with E-state index in [1.54, 1.807) is 11.8 Å². The fourth-order valence-corrected chi connectivity index (χ4v) is 5.13. The van der Waals surface area contributed by atoms with Crippen LogP contribution in [0.2, 0.25) is 0 Å². The molecule has 1 unspecified atom stereocenters. The minimum absolute atomic E-state index is 0.0548. The van der Waals surface area contributed by atoms with Crippen molar-refractivity contribution in [3.63, 3.8) is 0 Å². The first kappa shape index (κ1) is 20.9. The minimum Gasteiger partial charge on any atom is -0.338 e. The van der Waals surface area contributed by atoms with Gasteiger partial charge in [0.05, 0.1) is 10.9 Å². The average Bonchev–Trinajstić information content (AvgIpc) is 3.31. The summed E-state index contributed by atoms with van der Waals surface area (Å²) in [5, 5.41) is 9.48. The van der Waals surface area contributed by atoms with E-state index in [0.29, 0.717) is 17.3 Å². The van der Waals surface area contributed by atoms with E-state index in [9.17, 15) is 4.79 Å². The van der Waals surface area contributed by atoms with Gasteiger partial charge in [0.1, 0.15) is 5.56 Å². The molecule has 32 heavy (non-hydrogen) atoms. The first-order chi connectivity index (χ1) is 15.7. The van der Waals surface area contributed by atoms with Crippen molar-refractivity contribution >= 4 is 11.8 Å². The Bertz CT molecular complexity index is 1250. The van der Waals surface area contributed by atoms with Crippen LogP contribution < -0.4 is 5.56 Å². The number of aromatic nitrogens is 6. The molecule has 8 nitrogen and oxygen atoms in total. The SMILES string of the molecule is CCCc1noc(C(C)Sc2nc3nn(-c4ccccc4)c(=O)c-3c3n2CCCCC3)n1. The summed E-state index contributed by atoms with van der Waals surface area (Å²) < 4.78 is 9.17. The molecule has 1 aromatic heterocycles.